The summed E-state index contributed by atoms with van der Waals surface area (Å²) >= 11 is 0. The van der Waals surface area contributed by atoms with Crippen LogP contribution in [0.25, 0.3) is 5.65 Å². The maximum absolute atomic E-state index is 13.2. The number of nitrogens with one attached hydrogen (secondary N) is 3. The molecular formula is C41H49N9O9. The summed E-state index contributed by atoms with van der Waals surface area (Å²) < 4.78 is 25.1. The molecule has 5 amide bonds. The van der Waals surface area contributed by atoms with Crippen molar-refractivity contribution in [3.63, 3.8) is 0 Å². The third-order valence-corrected chi connectivity index (χ3v) is 10.4. The predicted octanol–water partition coefficient (Wildman–Crippen LogP) is 2.33. The first-order valence-corrected chi connectivity index (χ1v) is 20.0. The van der Waals surface area contributed by atoms with Gasteiger partial charge in [-0.2, -0.15) is 19.6 Å². The number of piperidine rings is 2. The minimum absolute atomic E-state index is 0.00536. The molecule has 0 saturated carbocycles. The second kappa shape index (κ2) is 19.2. The topological polar surface area (TPSA) is 208 Å². The zero-order chi connectivity index (χ0) is 41.3. The molecule has 3 aliphatic heterocycles. The van der Waals surface area contributed by atoms with Crippen molar-refractivity contribution in [2.24, 2.45) is 0 Å². The van der Waals surface area contributed by atoms with E-state index in [1.54, 1.807) is 4.52 Å². The average Bonchev–Trinajstić information content (AvgIpc) is 3.78. The first kappa shape index (κ1) is 41.2. The Morgan fingerprint density at radius 2 is 1.69 bits per heavy atom. The molecule has 2 saturated heterocycles. The van der Waals surface area contributed by atoms with Crippen LogP contribution in [0.5, 0.6) is 11.8 Å². The van der Waals surface area contributed by atoms with Crippen LogP contribution in [-0.2, 0) is 30.4 Å². The lowest BCUT2D eigenvalue weighted by Crippen LogP contribution is -2.54. The van der Waals surface area contributed by atoms with Crippen LogP contribution in [0.3, 0.4) is 0 Å². The molecule has 4 aromatic rings. The molecule has 59 heavy (non-hydrogen) atoms. The van der Waals surface area contributed by atoms with Crippen LogP contribution in [0.15, 0.2) is 54.7 Å². The lowest BCUT2D eigenvalue weighted by Gasteiger charge is -2.31. The van der Waals surface area contributed by atoms with Gasteiger partial charge in [-0.3, -0.25) is 34.2 Å². The molecule has 7 rings (SSSR count). The smallest absolute Gasteiger partial charge is 0.322 e. The number of nitrogens with zero attached hydrogens (tertiary/aromatic N) is 6. The van der Waals surface area contributed by atoms with Gasteiger partial charge in [0.2, 0.25) is 17.8 Å². The lowest BCUT2D eigenvalue weighted by atomic mass is 10.0. The number of carbonyl (C=O) groups excluding carboxylic acids is 5. The van der Waals surface area contributed by atoms with Crippen LogP contribution >= 0.6 is 0 Å². The fourth-order valence-corrected chi connectivity index (χ4v) is 7.20. The van der Waals surface area contributed by atoms with Crippen LogP contribution in [-0.4, -0.2) is 130 Å². The van der Waals surface area contributed by atoms with Gasteiger partial charge in [0.05, 0.1) is 43.8 Å². The summed E-state index contributed by atoms with van der Waals surface area (Å²) in [5.74, 6) is -2.08. The highest BCUT2D eigenvalue weighted by Crippen LogP contribution is 2.33. The zero-order valence-electron chi connectivity index (χ0n) is 33.2. The van der Waals surface area contributed by atoms with E-state index in [0.29, 0.717) is 38.3 Å². The molecule has 1 unspecified atom stereocenters. The Morgan fingerprint density at radius 3 is 2.46 bits per heavy atom. The summed E-state index contributed by atoms with van der Waals surface area (Å²) in [6, 6.07) is 13.8. The second-order valence-electron chi connectivity index (χ2n) is 14.8. The van der Waals surface area contributed by atoms with E-state index in [9.17, 15) is 24.0 Å². The van der Waals surface area contributed by atoms with Gasteiger partial charge in [0, 0.05) is 44.7 Å². The van der Waals surface area contributed by atoms with Gasteiger partial charge in [-0.25, -0.2) is 0 Å². The summed E-state index contributed by atoms with van der Waals surface area (Å²) in [5, 5.41) is 12.8. The lowest BCUT2D eigenvalue weighted by molar-refractivity contribution is -0.136. The Bertz CT molecular complexity index is 2150. The summed E-state index contributed by atoms with van der Waals surface area (Å²) in [5.41, 5.74) is 2.96. The Hall–Kier alpha value is -5.98. The SMILES string of the molecule is CC(C)c1cnn2c(NCc3ccccc3)nc(OC3CCN(CCOCCOCCNC(=O)COc4cccc5c4C(=O)N(C4CCC(=O)NC4=O)C5=O)CC3)nc12. The van der Waals surface area contributed by atoms with E-state index in [4.69, 9.17) is 28.9 Å². The normalized spacial score (nSPS) is 17.4. The first-order valence-electron chi connectivity index (χ1n) is 20.0. The van der Waals surface area contributed by atoms with Crippen LogP contribution in [0, 0.1) is 0 Å². The third-order valence-electron chi connectivity index (χ3n) is 10.4. The number of carbonyl (C=O) groups is 5. The van der Waals surface area contributed by atoms with Crippen molar-refractivity contribution in [3.8, 4) is 11.8 Å². The predicted molar refractivity (Wildman–Crippen MR) is 212 cm³/mol. The number of fused-ring (bicyclic) bond motifs is 2. The van der Waals surface area contributed by atoms with Gasteiger partial charge in [-0.1, -0.05) is 50.2 Å². The molecule has 2 fully saturated rings. The van der Waals surface area contributed by atoms with Crippen LogP contribution in [0.1, 0.15) is 77.3 Å². The molecule has 3 N–H and O–H groups in total. The van der Waals surface area contributed by atoms with Gasteiger partial charge in [-0.05, 0) is 42.9 Å². The molecular weight excluding hydrogens is 763 g/mol. The summed E-state index contributed by atoms with van der Waals surface area (Å²) in [7, 11) is 0. The molecule has 0 radical (unpaired) electrons. The highest BCUT2D eigenvalue weighted by molar-refractivity contribution is 6.24. The van der Waals surface area contributed by atoms with E-state index in [1.165, 1.54) is 18.2 Å². The maximum atomic E-state index is 13.2. The average molecular weight is 812 g/mol. The Balaban J connectivity index is 0.758. The molecule has 2 aromatic carbocycles. The summed E-state index contributed by atoms with van der Waals surface area (Å²) in [4.78, 5) is 75.2. The van der Waals surface area contributed by atoms with E-state index in [0.717, 1.165) is 54.1 Å². The fraction of sp³-hybridized carbons (Fsp3) is 0.463. The summed E-state index contributed by atoms with van der Waals surface area (Å²) in [6.45, 7) is 8.76. The first-order chi connectivity index (χ1) is 28.7. The number of imide groups is 2. The molecule has 18 nitrogen and oxygen atoms in total. The van der Waals surface area contributed by atoms with Gasteiger partial charge in [0.15, 0.2) is 12.3 Å². The molecule has 18 heteroatoms. The number of amides is 5. The third kappa shape index (κ3) is 10.0. The minimum atomic E-state index is -1.10. The van der Waals surface area contributed by atoms with Crippen molar-refractivity contribution in [1.29, 1.82) is 0 Å². The highest BCUT2D eigenvalue weighted by Gasteiger charge is 2.46. The molecule has 0 spiro atoms. The van der Waals surface area contributed by atoms with Gasteiger partial charge < -0.3 is 34.5 Å². The Labute approximate surface area is 340 Å². The van der Waals surface area contributed by atoms with Crippen molar-refractivity contribution in [2.75, 3.05) is 64.5 Å². The van der Waals surface area contributed by atoms with E-state index >= 15 is 0 Å². The van der Waals surface area contributed by atoms with Crippen molar-refractivity contribution >= 4 is 41.1 Å². The van der Waals surface area contributed by atoms with E-state index in [1.807, 2.05) is 24.4 Å². The van der Waals surface area contributed by atoms with Gasteiger partial charge in [0.25, 0.3) is 17.7 Å². The number of aromatic nitrogens is 4. The van der Waals surface area contributed by atoms with Crippen molar-refractivity contribution in [1.82, 2.24) is 40.0 Å². The molecule has 1 atom stereocenters. The van der Waals surface area contributed by atoms with Gasteiger partial charge in [-0.15, -0.1) is 0 Å². The Morgan fingerprint density at radius 1 is 0.915 bits per heavy atom. The molecule has 0 bridgehead atoms. The molecule has 312 valence electrons. The number of hydrogen-bond acceptors (Lipinski definition) is 14. The summed E-state index contributed by atoms with van der Waals surface area (Å²) in [6.07, 6.45) is 3.57. The van der Waals surface area contributed by atoms with Gasteiger partial charge in [0.1, 0.15) is 17.9 Å². The maximum Gasteiger partial charge on any atom is 0.322 e. The van der Waals surface area contributed by atoms with Crippen molar-refractivity contribution < 1.29 is 42.9 Å². The highest BCUT2D eigenvalue weighted by atomic mass is 16.5. The van der Waals surface area contributed by atoms with Crippen molar-refractivity contribution in [2.45, 2.75) is 64.1 Å². The minimum Gasteiger partial charge on any atom is -0.483 e. The number of benzene rings is 2. The number of hydrogen-bond donors (Lipinski definition) is 3. The standard InChI is InChI=1S/C41H49N9O9/c1-26(2)30-24-44-50-36(30)46-41(47-40(50)43-23-27-7-4-3-5-8-27)59-28-13-16-48(17-14-28)18-20-57-22-21-56-19-15-42-34(52)25-58-32-10-6-9-29-35(32)39(55)49(38(29)54)31-11-12-33(51)45-37(31)53/h3-10,24,26,28,31H,11-23,25H2,1-2H3,(H,42,52)(H,43,46,47)(H,45,51,53). The van der Waals surface area contributed by atoms with Crippen LogP contribution in [0.2, 0.25) is 0 Å². The van der Waals surface area contributed by atoms with E-state index in [2.05, 4.69) is 51.9 Å². The van der Waals surface area contributed by atoms with E-state index in [-0.39, 0.29) is 54.9 Å². The quantitative estimate of drug-likeness (QED) is 0.0918. The van der Waals surface area contributed by atoms with Crippen LogP contribution in [0.4, 0.5) is 5.95 Å². The zero-order valence-corrected chi connectivity index (χ0v) is 33.2. The monoisotopic (exact) mass is 811 g/mol. The number of likely N-dealkylation sites (tertiary alicyclic amines) is 1. The number of ether oxygens (including phenoxy) is 4. The van der Waals surface area contributed by atoms with Crippen molar-refractivity contribution in [3.05, 3.63) is 77.0 Å². The fourth-order valence-electron chi connectivity index (χ4n) is 7.20. The van der Waals surface area contributed by atoms with E-state index < -0.39 is 42.2 Å². The molecule has 2 aromatic heterocycles. The molecule has 3 aliphatic rings. The Kier molecular flexibility index (Phi) is 13.4. The molecule has 5 heterocycles. The second-order valence-corrected chi connectivity index (χ2v) is 14.8. The van der Waals surface area contributed by atoms with Gasteiger partial charge >= 0.3 is 6.01 Å². The molecule has 0 aliphatic carbocycles. The number of rotatable bonds is 19. The largest absolute Gasteiger partial charge is 0.483 e. The number of anilines is 1. The van der Waals surface area contributed by atoms with Crippen LogP contribution < -0.4 is 25.4 Å².